The van der Waals surface area contributed by atoms with Crippen LogP contribution in [0.15, 0.2) is 12.2 Å². The molecule has 1 N–H and O–H groups in total. The van der Waals surface area contributed by atoms with E-state index in [9.17, 15) is 0 Å². The Labute approximate surface area is 63.5 Å². The van der Waals surface area contributed by atoms with Crippen molar-refractivity contribution in [3.63, 3.8) is 0 Å². The van der Waals surface area contributed by atoms with Gasteiger partial charge in [0.1, 0.15) is 0 Å². The summed E-state index contributed by atoms with van der Waals surface area (Å²) >= 11 is 0. The maximum atomic E-state index is 3.46. The van der Waals surface area contributed by atoms with Crippen LogP contribution in [0.25, 0.3) is 0 Å². The molecule has 0 aromatic rings. The van der Waals surface area contributed by atoms with E-state index in [1.165, 1.54) is 0 Å². The van der Waals surface area contributed by atoms with Gasteiger partial charge in [-0.3, -0.25) is 0 Å². The van der Waals surface area contributed by atoms with Gasteiger partial charge in [-0.05, 0) is 12.3 Å². The van der Waals surface area contributed by atoms with Crippen LogP contribution >= 0.6 is 0 Å². The molecule has 1 heteroatoms. The maximum Gasteiger partial charge on any atom is 0.0387 e. The summed E-state index contributed by atoms with van der Waals surface area (Å²) in [5.74, 6) is 0. The quantitative estimate of drug-likeness (QED) is 0.506. The molecular weight excluding hydrogens is 122 g/mol. The fraction of sp³-hybridized carbons (Fsp3) is 0.778. The molecule has 0 aliphatic carbocycles. The number of nitrogens with one attached hydrogen (secondary N) is 1. The van der Waals surface area contributed by atoms with Crippen molar-refractivity contribution in [3.05, 3.63) is 12.2 Å². The Morgan fingerprint density at radius 1 is 1.40 bits per heavy atom. The molecule has 0 radical (unpaired) electrons. The molecule has 0 amide bonds. The van der Waals surface area contributed by atoms with Crippen LogP contribution in [0.1, 0.15) is 27.7 Å². The molecule has 58 valence electrons. The second-order valence-electron chi connectivity index (χ2n) is 4.24. The van der Waals surface area contributed by atoms with E-state index in [0.29, 0.717) is 5.41 Å². The molecule has 1 unspecified atom stereocenters. The van der Waals surface area contributed by atoms with Gasteiger partial charge < -0.3 is 5.32 Å². The number of rotatable bonds is 0. The van der Waals surface area contributed by atoms with Gasteiger partial charge in [-0.1, -0.05) is 32.9 Å². The first-order chi connectivity index (χ1) is 4.46. The average Bonchev–Trinajstić information content (AvgIpc) is 2.13. The van der Waals surface area contributed by atoms with Crippen molar-refractivity contribution < 1.29 is 0 Å². The van der Waals surface area contributed by atoms with E-state index < -0.39 is 0 Å². The Balaban J connectivity index is 2.78. The van der Waals surface area contributed by atoms with Crippen molar-refractivity contribution >= 4 is 0 Å². The normalized spacial score (nSPS) is 33.2. The van der Waals surface area contributed by atoms with E-state index in [4.69, 9.17) is 0 Å². The summed E-state index contributed by atoms with van der Waals surface area (Å²) in [6, 6.07) is 0. The van der Waals surface area contributed by atoms with Crippen LogP contribution in [0.4, 0.5) is 0 Å². The second-order valence-corrected chi connectivity index (χ2v) is 4.24. The molecule has 0 fully saturated rings. The van der Waals surface area contributed by atoms with Crippen molar-refractivity contribution in [2.45, 2.75) is 33.2 Å². The fourth-order valence-electron chi connectivity index (χ4n) is 1.14. The summed E-state index contributed by atoms with van der Waals surface area (Å²) in [6.45, 7) is 10.0. The zero-order valence-electron chi connectivity index (χ0n) is 7.36. The Bertz CT molecular complexity index is 153. The van der Waals surface area contributed by atoms with Crippen LogP contribution in [0, 0.1) is 5.41 Å². The summed E-state index contributed by atoms with van der Waals surface area (Å²) in [4.78, 5) is 0. The van der Waals surface area contributed by atoms with E-state index in [2.05, 4.69) is 45.2 Å². The maximum absolute atomic E-state index is 3.46. The Hall–Kier alpha value is -0.300. The molecule has 0 saturated carbocycles. The van der Waals surface area contributed by atoms with Crippen molar-refractivity contribution in [1.29, 1.82) is 0 Å². The van der Waals surface area contributed by atoms with Crippen molar-refractivity contribution in [2.24, 2.45) is 5.41 Å². The summed E-state index contributed by atoms with van der Waals surface area (Å²) in [7, 11) is 0. The third kappa shape index (κ3) is 1.10. The molecule has 0 bridgehead atoms. The molecule has 1 atom stereocenters. The van der Waals surface area contributed by atoms with Crippen molar-refractivity contribution in [1.82, 2.24) is 5.32 Å². The highest BCUT2D eigenvalue weighted by atomic mass is 15.0. The molecule has 0 spiro atoms. The minimum atomic E-state index is 0.201. The van der Waals surface area contributed by atoms with Gasteiger partial charge in [0.25, 0.3) is 0 Å². The molecule has 1 aliphatic heterocycles. The molecule has 10 heavy (non-hydrogen) atoms. The van der Waals surface area contributed by atoms with Gasteiger partial charge in [0, 0.05) is 12.1 Å². The van der Waals surface area contributed by atoms with E-state index in [1.54, 1.807) is 0 Å². The first-order valence-electron chi connectivity index (χ1n) is 3.88. The molecule has 1 nitrogen and oxygen atoms in total. The lowest BCUT2D eigenvalue weighted by atomic mass is 9.76. The Morgan fingerprint density at radius 3 is 2.20 bits per heavy atom. The van der Waals surface area contributed by atoms with Gasteiger partial charge in [0.15, 0.2) is 0 Å². The van der Waals surface area contributed by atoms with Gasteiger partial charge in [-0.15, -0.1) is 0 Å². The van der Waals surface area contributed by atoms with E-state index in [0.717, 1.165) is 6.54 Å². The van der Waals surface area contributed by atoms with E-state index >= 15 is 0 Å². The Morgan fingerprint density at radius 2 is 2.00 bits per heavy atom. The van der Waals surface area contributed by atoms with Gasteiger partial charge in [-0.25, -0.2) is 0 Å². The lowest BCUT2D eigenvalue weighted by Gasteiger charge is -2.37. The molecular formula is C9H17N. The fourth-order valence-corrected chi connectivity index (χ4v) is 1.14. The molecule has 0 saturated heterocycles. The summed E-state index contributed by atoms with van der Waals surface area (Å²) in [5.41, 5.74) is 0.521. The predicted octanol–water partition coefficient (Wildman–Crippen LogP) is 1.95. The van der Waals surface area contributed by atoms with Crippen molar-refractivity contribution in [2.75, 3.05) is 6.54 Å². The lowest BCUT2D eigenvalue weighted by Crippen LogP contribution is -2.47. The zero-order chi connectivity index (χ0) is 7.83. The number of hydrogen-bond acceptors (Lipinski definition) is 1. The van der Waals surface area contributed by atoms with Crippen LogP contribution < -0.4 is 5.32 Å². The highest BCUT2D eigenvalue weighted by Crippen LogP contribution is 2.32. The molecule has 0 aromatic carbocycles. The smallest absolute Gasteiger partial charge is 0.0387 e. The van der Waals surface area contributed by atoms with Gasteiger partial charge in [-0.2, -0.15) is 0 Å². The van der Waals surface area contributed by atoms with Crippen LogP contribution in [0.5, 0.6) is 0 Å². The third-order valence-corrected chi connectivity index (χ3v) is 2.60. The first kappa shape index (κ1) is 7.80. The summed E-state index contributed by atoms with van der Waals surface area (Å²) in [6.07, 6.45) is 4.47. The topological polar surface area (TPSA) is 12.0 Å². The molecule has 1 heterocycles. The second kappa shape index (κ2) is 2.09. The monoisotopic (exact) mass is 139 g/mol. The van der Waals surface area contributed by atoms with Crippen LogP contribution in [-0.4, -0.2) is 12.1 Å². The average molecular weight is 139 g/mol. The highest BCUT2D eigenvalue weighted by molar-refractivity contribution is 5.16. The van der Waals surface area contributed by atoms with Crippen LogP contribution in [-0.2, 0) is 0 Å². The zero-order valence-corrected chi connectivity index (χ0v) is 7.36. The molecule has 0 aromatic heterocycles. The minimum Gasteiger partial charge on any atom is -0.304 e. The van der Waals surface area contributed by atoms with Gasteiger partial charge in [0.05, 0.1) is 0 Å². The number of hydrogen-bond donors (Lipinski definition) is 1. The first-order valence-corrected chi connectivity index (χ1v) is 3.88. The van der Waals surface area contributed by atoms with Gasteiger partial charge >= 0.3 is 0 Å². The van der Waals surface area contributed by atoms with Gasteiger partial charge in [0.2, 0.25) is 0 Å². The van der Waals surface area contributed by atoms with Crippen molar-refractivity contribution in [3.8, 4) is 0 Å². The summed E-state index contributed by atoms with van der Waals surface area (Å²) in [5, 5.41) is 3.46. The lowest BCUT2D eigenvalue weighted by molar-refractivity contribution is 0.225. The highest BCUT2D eigenvalue weighted by Gasteiger charge is 2.35. The van der Waals surface area contributed by atoms with Crippen LogP contribution in [0.3, 0.4) is 0 Å². The van der Waals surface area contributed by atoms with Crippen LogP contribution in [0.2, 0.25) is 0 Å². The molecule has 1 aliphatic rings. The predicted molar refractivity (Wildman–Crippen MR) is 45.0 cm³/mol. The van der Waals surface area contributed by atoms with E-state index in [-0.39, 0.29) is 5.54 Å². The molecule has 1 rings (SSSR count). The summed E-state index contributed by atoms with van der Waals surface area (Å²) < 4.78 is 0. The SMILES string of the molecule is CC(C)(C)C1(C)C=CCN1. The Kier molecular flexibility index (Phi) is 1.63. The standard InChI is InChI=1S/C9H17N/c1-8(2,3)9(4)6-5-7-10-9/h5-6,10H,7H2,1-4H3. The third-order valence-electron chi connectivity index (χ3n) is 2.60. The van der Waals surface area contributed by atoms with E-state index in [1.807, 2.05) is 0 Å². The largest absolute Gasteiger partial charge is 0.304 e. The minimum absolute atomic E-state index is 0.201.